The summed E-state index contributed by atoms with van der Waals surface area (Å²) < 4.78 is 76.6. The van der Waals surface area contributed by atoms with E-state index >= 15 is 0 Å². The van der Waals surface area contributed by atoms with Crippen molar-refractivity contribution < 1.29 is 26.3 Å². The Kier molecular flexibility index (Phi) is 19.2. The molecule has 0 unspecified atom stereocenters. The molecule has 4 rings (SSSR count). The predicted octanol–water partition coefficient (Wildman–Crippen LogP) is 8.11. The van der Waals surface area contributed by atoms with Gasteiger partial charge >= 0.3 is 23.7 Å². The van der Waals surface area contributed by atoms with Gasteiger partial charge in [0.1, 0.15) is 0 Å². The van der Waals surface area contributed by atoms with E-state index in [9.17, 15) is 26.3 Å². The van der Waals surface area contributed by atoms with Crippen molar-refractivity contribution in [2.75, 3.05) is 66.0 Å². The number of nitrogens with one attached hydrogen (secondary N) is 2. The number of benzene rings is 2. The fraction of sp³-hybridized carbons (Fsp3) is 0.657. The highest BCUT2D eigenvalue weighted by molar-refractivity contribution is 9.08. The summed E-state index contributed by atoms with van der Waals surface area (Å²) in [7, 11) is 1.98. The Morgan fingerprint density at radius 3 is 1.47 bits per heavy atom. The van der Waals surface area contributed by atoms with Gasteiger partial charge in [0.15, 0.2) is 0 Å². The van der Waals surface area contributed by atoms with E-state index in [2.05, 4.69) is 77.6 Å². The maximum Gasteiger partial charge on any atom is 0.442 e. The second kappa shape index (κ2) is 21.9. The van der Waals surface area contributed by atoms with E-state index in [4.69, 9.17) is 5.73 Å². The van der Waals surface area contributed by atoms with Gasteiger partial charge in [-0.15, -0.1) is 20.5 Å². The van der Waals surface area contributed by atoms with Gasteiger partial charge in [0.25, 0.3) is 0 Å². The van der Waals surface area contributed by atoms with E-state index in [1.807, 2.05) is 7.05 Å². The second-order valence-corrected chi connectivity index (χ2v) is 12.9. The molecular weight excluding hydrogens is 740 g/mol. The summed E-state index contributed by atoms with van der Waals surface area (Å²) >= 11 is 3.22. The molecule has 2 aliphatic heterocycles. The van der Waals surface area contributed by atoms with Crippen molar-refractivity contribution in [2.45, 2.75) is 82.0 Å². The van der Waals surface area contributed by atoms with E-state index in [-0.39, 0.29) is 11.1 Å². The summed E-state index contributed by atoms with van der Waals surface area (Å²) in [6, 6.07) is 12.4. The standard InChI is InChI=1S/C18H27F3N4.C9H6BrF3N2.C8H21N3/c1-3-5-12-25(11-4-2)13-10-22-14-15-6-8-16(9-7-15)17(23-24-17)18(19,20)21;10-5-6-1-3-7(4-2-6)8(14-15-8)9(11,12)13;1-3-6-11(7-4-9)8-5-10-2/h6-9,22H,3-5,10-14H2,1-2H3;1-4H,5H2;10H,3-9H2,1-2H3. The van der Waals surface area contributed by atoms with Crippen LogP contribution in [0, 0.1) is 0 Å². The third-order valence-corrected chi connectivity index (χ3v) is 8.87. The van der Waals surface area contributed by atoms with E-state index < -0.39 is 23.7 Å². The lowest BCUT2D eigenvalue weighted by Gasteiger charge is -2.21. The van der Waals surface area contributed by atoms with Crippen LogP contribution in [0.5, 0.6) is 0 Å². The maximum atomic E-state index is 13.0. The molecule has 51 heavy (non-hydrogen) atoms. The van der Waals surface area contributed by atoms with Gasteiger partial charge in [-0.1, -0.05) is 91.7 Å². The number of alkyl halides is 7. The number of hydrogen-bond donors (Lipinski definition) is 3. The molecule has 0 saturated heterocycles. The molecule has 16 heteroatoms. The molecule has 0 atom stereocenters. The third-order valence-electron chi connectivity index (χ3n) is 8.22. The monoisotopic (exact) mass is 793 g/mol. The Morgan fingerprint density at radius 2 is 1.10 bits per heavy atom. The van der Waals surface area contributed by atoms with Crippen LogP contribution in [-0.2, 0) is 23.2 Å². The fourth-order valence-corrected chi connectivity index (χ4v) is 5.55. The van der Waals surface area contributed by atoms with E-state index in [0.717, 1.165) is 69.9 Å². The van der Waals surface area contributed by atoms with Gasteiger partial charge in [-0.25, -0.2) is 0 Å². The first-order chi connectivity index (χ1) is 24.3. The molecule has 0 fully saturated rings. The van der Waals surface area contributed by atoms with Gasteiger partial charge in [0.05, 0.1) is 0 Å². The molecule has 0 amide bonds. The molecule has 4 N–H and O–H groups in total. The van der Waals surface area contributed by atoms with Crippen molar-refractivity contribution >= 4 is 15.9 Å². The Bertz CT molecular complexity index is 1290. The Balaban J connectivity index is 0.000000294. The van der Waals surface area contributed by atoms with Gasteiger partial charge in [0, 0.05) is 62.3 Å². The summed E-state index contributed by atoms with van der Waals surface area (Å²) in [6.45, 7) is 16.4. The zero-order chi connectivity index (χ0) is 38.0. The predicted molar refractivity (Wildman–Crippen MR) is 194 cm³/mol. The number of likely N-dealkylation sites (N-methyl/N-ethyl adjacent to an activating group) is 1. The molecule has 2 aromatic carbocycles. The average Bonchev–Trinajstić information content (AvgIpc) is 4.03. The van der Waals surface area contributed by atoms with Gasteiger partial charge in [0.2, 0.25) is 0 Å². The maximum absolute atomic E-state index is 13.0. The first-order valence-electron chi connectivity index (χ1n) is 17.5. The molecule has 0 aromatic heterocycles. The molecule has 0 aliphatic carbocycles. The van der Waals surface area contributed by atoms with Gasteiger partial charge in [-0.2, -0.15) is 26.3 Å². The number of nitrogens with two attached hydrogens (primary N) is 1. The van der Waals surface area contributed by atoms with Crippen molar-refractivity contribution in [3.05, 3.63) is 70.8 Å². The van der Waals surface area contributed by atoms with Crippen LogP contribution in [0.3, 0.4) is 0 Å². The van der Waals surface area contributed by atoms with Crippen LogP contribution in [-0.4, -0.2) is 88.1 Å². The molecule has 288 valence electrons. The largest absolute Gasteiger partial charge is 0.442 e. The zero-order valence-corrected chi connectivity index (χ0v) is 31.7. The SMILES string of the molecule is CCCCN(CCC)CCNCc1ccc(C2(C(F)(F)F)N=N2)cc1.CCCN(CCN)CCNC.FC(F)(F)C1(c2ccc(CBr)cc2)N=N1. The summed E-state index contributed by atoms with van der Waals surface area (Å²) in [4.78, 5) is 4.83. The molecule has 2 heterocycles. The summed E-state index contributed by atoms with van der Waals surface area (Å²) in [5, 5.41) is 19.8. The molecule has 2 aromatic rings. The third kappa shape index (κ3) is 14.1. The topological polar surface area (TPSA) is 106 Å². The molecule has 9 nitrogen and oxygen atoms in total. The molecular formula is C35H54BrF6N9. The zero-order valence-electron chi connectivity index (χ0n) is 30.1. The number of rotatable bonds is 20. The van der Waals surface area contributed by atoms with Crippen LogP contribution < -0.4 is 16.4 Å². The minimum atomic E-state index is -4.46. The van der Waals surface area contributed by atoms with Crippen LogP contribution in [0.1, 0.15) is 68.7 Å². The van der Waals surface area contributed by atoms with Crippen molar-refractivity contribution in [2.24, 2.45) is 26.2 Å². The quantitative estimate of drug-likeness (QED) is 0.0714. The highest BCUT2D eigenvalue weighted by atomic mass is 79.9. The van der Waals surface area contributed by atoms with Crippen molar-refractivity contribution in [3.63, 3.8) is 0 Å². The number of nitrogens with zero attached hydrogens (tertiary/aromatic N) is 6. The van der Waals surface area contributed by atoms with E-state index in [1.165, 1.54) is 50.1 Å². The molecule has 0 spiro atoms. The molecule has 0 radical (unpaired) electrons. The highest BCUT2D eigenvalue weighted by Crippen LogP contribution is 2.53. The lowest BCUT2D eigenvalue weighted by atomic mass is 10.0. The van der Waals surface area contributed by atoms with E-state index in [1.54, 1.807) is 24.3 Å². The number of unbranched alkanes of at least 4 members (excludes halogenated alkanes) is 1. The lowest BCUT2D eigenvalue weighted by Crippen LogP contribution is -2.35. The van der Waals surface area contributed by atoms with Crippen LogP contribution in [0.25, 0.3) is 0 Å². The summed E-state index contributed by atoms with van der Waals surface area (Å²) in [5.74, 6) is 0. The second-order valence-electron chi connectivity index (χ2n) is 12.4. The highest BCUT2D eigenvalue weighted by Gasteiger charge is 2.65. The Hall–Kier alpha value is -2.50. The summed E-state index contributed by atoms with van der Waals surface area (Å²) in [6.07, 6.45) is -4.15. The van der Waals surface area contributed by atoms with Crippen molar-refractivity contribution in [1.29, 1.82) is 0 Å². The first kappa shape index (κ1) is 44.7. The Labute approximate surface area is 307 Å². The number of halogens is 7. The fourth-order valence-electron chi connectivity index (χ4n) is 5.17. The van der Waals surface area contributed by atoms with Crippen LogP contribution in [0.4, 0.5) is 26.3 Å². The molecule has 2 aliphatic rings. The molecule has 0 bridgehead atoms. The van der Waals surface area contributed by atoms with Crippen LogP contribution in [0.15, 0.2) is 69.0 Å². The van der Waals surface area contributed by atoms with Crippen LogP contribution in [0.2, 0.25) is 0 Å². The summed E-state index contributed by atoms with van der Waals surface area (Å²) in [5.41, 5.74) is 2.87. The van der Waals surface area contributed by atoms with Crippen molar-refractivity contribution in [1.82, 2.24) is 20.4 Å². The minimum absolute atomic E-state index is 0.0692. The first-order valence-corrected chi connectivity index (χ1v) is 18.7. The number of hydrogen-bond acceptors (Lipinski definition) is 9. The average molecular weight is 795 g/mol. The van der Waals surface area contributed by atoms with E-state index in [0.29, 0.717) is 11.9 Å². The normalized spacial score (nSPS) is 15.3. The van der Waals surface area contributed by atoms with Gasteiger partial charge < -0.3 is 26.2 Å². The van der Waals surface area contributed by atoms with Gasteiger partial charge in [-0.3, -0.25) is 0 Å². The van der Waals surface area contributed by atoms with Gasteiger partial charge in [-0.05, 0) is 57.1 Å². The van der Waals surface area contributed by atoms with Crippen molar-refractivity contribution in [3.8, 4) is 0 Å². The minimum Gasteiger partial charge on any atom is -0.329 e. The van der Waals surface area contributed by atoms with Crippen LogP contribution >= 0.6 is 15.9 Å². The smallest absolute Gasteiger partial charge is 0.329 e. The molecule has 0 saturated carbocycles. The Morgan fingerprint density at radius 1 is 0.647 bits per heavy atom. The lowest BCUT2D eigenvalue weighted by molar-refractivity contribution is -0.166.